The van der Waals surface area contributed by atoms with Crippen molar-refractivity contribution in [2.45, 2.75) is 12.0 Å². The summed E-state index contributed by atoms with van der Waals surface area (Å²) < 4.78 is 0. The van der Waals surface area contributed by atoms with Crippen molar-refractivity contribution in [3.63, 3.8) is 0 Å². The molecule has 2 heteroatoms. The van der Waals surface area contributed by atoms with E-state index in [2.05, 4.69) is 0 Å². The first kappa shape index (κ1) is 13.1. The summed E-state index contributed by atoms with van der Waals surface area (Å²) in [6.07, 6.45) is 2.06. The molecule has 1 unspecified atom stereocenters. The van der Waals surface area contributed by atoms with Gasteiger partial charge in [0.25, 0.3) is 0 Å². The van der Waals surface area contributed by atoms with Crippen LogP contribution in [0.2, 0.25) is 0 Å². The van der Waals surface area contributed by atoms with Crippen LogP contribution in [0.5, 0.6) is 0 Å². The second-order valence-corrected chi connectivity index (χ2v) is 5.73. The summed E-state index contributed by atoms with van der Waals surface area (Å²) in [5.41, 5.74) is 1.21. The van der Waals surface area contributed by atoms with E-state index in [4.69, 9.17) is 0 Å². The fraction of sp³-hybridized carbons (Fsp3) is 0.100. The van der Waals surface area contributed by atoms with Gasteiger partial charge in [0.1, 0.15) is 11.4 Å². The first-order valence-corrected chi connectivity index (χ1v) is 7.40. The Morgan fingerprint density at radius 1 is 0.773 bits per heavy atom. The Balaban J connectivity index is 2.03. The highest BCUT2D eigenvalue weighted by Gasteiger charge is 2.37. The van der Waals surface area contributed by atoms with Gasteiger partial charge in [0.2, 0.25) is 0 Å². The molecule has 2 nitrogen and oxygen atoms in total. The Hall–Kier alpha value is -2.58. The monoisotopic (exact) mass is 288 g/mol. The van der Waals surface area contributed by atoms with E-state index in [1.54, 1.807) is 6.08 Å². The third-order valence-corrected chi connectivity index (χ3v) is 4.47. The number of hydrogen-bond acceptors (Lipinski definition) is 2. The molecule has 0 saturated carbocycles. The molecule has 1 aliphatic rings. The van der Waals surface area contributed by atoms with E-state index in [1.807, 2.05) is 66.7 Å². The lowest BCUT2D eigenvalue weighted by Gasteiger charge is -2.34. The maximum atomic E-state index is 11.5. The number of aliphatic hydroxyl groups excluding tert-OH is 1. The van der Waals surface area contributed by atoms with Gasteiger partial charge < -0.3 is 10.2 Å². The highest BCUT2D eigenvalue weighted by atomic mass is 16.3. The predicted octanol–water partition coefficient (Wildman–Crippen LogP) is 4.38. The average Bonchev–Trinajstić information content (AvgIpc) is 2.58. The van der Waals surface area contributed by atoms with Crippen LogP contribution < -0.4 is 0 Å². The molecular formula is C20H16O2. The fourth-order valence-electron chi connectivity index (χ4n) is 3.37. The second-order valence-electron chi connectivity index (χ2n) is 5.73. The van der Waals surface area contributed by atoms with Gasteiger partial charge in [0.05, 0.1) is 0 Å². The third kappa shape index (κ3) is 1.78. The maximum absolute atomic E-state index is 11.5. The Bertz CT molecular complexity index is 890. The Morgan fingerprint density at radius 2 is 1.45 bits per heavy atom. The van der Waals surface area contributed by atoms with E-state index in [-0.39, 0.29) is 5.76 Å². The van der Waals surface area contributed by atoms with Crippen LogP contribution in [0.4, 0.5) is 0 Å². The smallest absolute Gasteiger partial charge is 0.119 e. The van der Waals surface area contributed by atoms with Gasteiger partial charge in [0.15, 0.2) is 0 Å². The number of aliphatic hydroxyl groups is 2. The van der Waals surface area contributed by atoms with E-state index in [1.165, 1.54) is 0 Å². The van der Waals surface area contributed by atoms with Crippen LogP contribution in [-0.2, 0) is 5.60 Å². The summed E-state index contributed by atoms with van der Waals surface area (Å²) in [6, 6.07) is 21.5. The van der Waals surface area contributed by atoms with Crippen molar-refractivity contribution in [2.75, 3.05) is 0 Å². The van der Waals surface area contributed by atoms with Crippen molar-refractivity contribution in [3.8, 4) is 0 Å². The first-order valence-electron chi connectivity index (χ1n) is 7.40. The van der Waals surface area contributed by atoms with Gasteiger partial charge >= 0.3 is 0 Å². The topological polar surface area (TPSA) is 40.5 Å². The lowest BCUT2D eigenvalue weighted by Crippen LogP contribution is -2.30. The highest BCUT2D eigenvalue weighted by molar-refractivity contribution is 5.87. The fourth-order valence-corrected chi connectivity index (χ4v) is 3.37. The van der Waals surface area contributed by atoms with Gasteiger partial charge in [-0.05, 0) is 28.0 Å². The predicted molar refractivity (Wildman–Crippen MR) is 88.6 cm³/mol. The molecule has 0 radical (unpaired) electrons. The van der Waals surface area contributed by atoms with Crippen molar-refractivity contribution in [1.29, 1.82) is 0 Å². The minimum absolute atomic E-state index is 0.237. The summed E-state index contributed by atoms with van der Waals surface area (Å²) in [6.45, 7) is 0. The summed E-state index contributed by atoms with van der Waals surface area (Å²) in [5.74, 6) is 0.237. The molecule has 0 saturated heterocycles. The zero-order valence-electron chi connectivity index (χ0n) is 12.0. The summed E-state index contributed by atoms with van der Waals surface area (Å²) in [4.78, 5) is 0. The second kappa shape index (κ2) is 4.72. The lowest BCUT2D eigenvalue weighted by atomic mass is 9.76. The number of fused-ring (bicyclic) bond motifs is 2. The van der Waals surface area contributed by atoms with Crippen molar-refractivity contribution in [1.82, 2.24) is 0 Å². The number of benzene rings is 3. The van der Waals surface area contributed by atoms with E-state index < -0.39 is 5.60 Å². The number of rotatable bonds is 1. The van der Waals surface area contributed by atoms with Crippen LogP contribution in [0, 0.1) is 0 Å². The Morgan fingerprint density at radius 3 is 2.36 bits per heavy atom. The number of hydrogen-bond donors (Lipinski definition) is 2. The van der Waals surface area contributed by atoms with Crippen LogP contribution in [0.15, 0.2) is 72.8 Å². The van der Waals surface area contributed by atoms with Crippen molar-refractivity contribution in [2.24, 2.45) is 0 Å². The van der Waals surface area contributed by atoms with Crippen molar-refractivity contribution < 1.29 is 10.2 Å². The Kier molecular flexibility index (Phi) is 2.81. The van der Waals surface area contributed by atoms with Crippen LogP contribution >= 0.6 is 0 Å². The molecule has 0 aliphatic heterocycles. The van der Waals surface area contributed by atoms with Crippen molar-refractivity contribution >= 4 is 16.5 Å². The van der Waals surface area contributed by atoms with Crippen LogP contribution in [0.3, 0.4) is 0 Å². The summed E-state index contributed by atoms with van der Waals surface area (Å²) in [7, 11) is 0. The van der Waals surface area contributed by atoms with Gasteiger partial charge in [-0.1, -0.05) is 66.7 Å². The summed E-state index contributed by atoms with van der Waals surface area (Å²) >= 11 is 0. The molecule has 0 heterocycles. The van der Waals surface area contributed by atoms with E-state index >= 15 is 0 Å². The van der Waals surface area contributed by atoms with E-state index in [9.17, 15) is 10.2 Å². The van der Waals surface area contributed by atoms with Gasteiger partial charge in [-0.2, -0.15) is 0 Å². The quantitative estimate of drug-likeness (QED) is 0.697. The average molecular weight is 288 g/mol. The van der Waals surface area contributed by atoms with Gasteiger partial charge in [-0.15, -0.1) is 0 Å². The van der Waals surface area contributed by atoms with Gasteiger partial charge in [0, 0.05) is 12.0 Å². The molecule has 2 N–H and O–H groups in total. The molecule has 3 aromatic rings. The van der Waals surface area contributed by atoms with Gasteiger partial charge in [-0.3, -0.25) is 0 Å². The maximum Gasteiger partial charge on any atom is 0.119 e. The molecule has 0 aromatic heterocycles. The molecule has 1 aliphatic carbocycles. The molecule has 0 bridgehead atoms. The van der Waals surface area contributed by atoms with Crippen LogP contribution in [0.25, 0.3) is 16.5 Å². The highest BCUT2D eigenvalue weighted by Crippen LogP contribution is 2.43. The normalized spacial score (nSPS) is 20.5. The third-order valence-electron chi connectivity index (χ3n) is 4.47. The zero-order chi connectivity index (χ0) is 15.2. The first-order chi connectivity index (χ1) is 10.7. The van der Waals surface area contributed by atoms with Crippen LogP contribution in [-0.4, -0.2) is 10.2 Å². The molecule has 1 atom stereocenters. The largest absolute Gasteiger partial charge is 0.508 e. The SMILES string of the molecule is OC1=CCC(O)(c2cccc3ccccc23)c2ccccc21. The van der Waals surface area contributed by atoms with E-state index in [0.29, 0.717) is 12.0 Å². The molecule has 3 aromatic carbocycles. The minimum Gasteiger partial charge on any atom is -0.508 e. The molecule has 0 spiro atoms. The van der Waals surface area contributed by atoms with Gasteiger partial charge in [-0.25, -0.2) is 0 Å². The summed E-state index contributed by atoms with van der Waals surface area (Å²) in [5, 5.41) is 23.7. The molecule has 108 valence electrons. The lowest BCUT2D eigenvalue weighted by molar-refractivity contribution is 0.0828. The van der Waals surface area contributed by atoms with Crippen molar-refractivity contribution in [3.05, 3.63) is 89.5 Å². The van der Waals surface area contributed by atoms with Crippen LogP contribution in [0.1, 0.15) is 23.1 Å². The standard InChI is InChI=1S/C20H16O2/c21-19-12-13-20(22,18-10-4-3-9-16(18)19)17-11-5-7-14-6-1-2-8-15(14)17/h1-12,21-22H,13H2. The molecular weight excluding hydrogens is 272 g/mol. The molecule has 0 amide bonds. The minimum atomic E-state index is -1.12. The Labute approximate surface area is 129 Å². The molecule has 4 rings (SSSR count). The van der Waals surface area contributed by atoms with E-state index in [0.717, 1.165) is 21.9 Å². The zero-order valence-corrected chi connectivity index (χ0v) is 12.0. The molecule has 0 fully saturated rings. The molecule has 22 heavy (non-hydrogen) atoms.